The van der Waals surface area contributed by atoms with E-state index < -0.39 is 0 Å². The molecule has 2 nitrogen and oxygen atoms in total. The van der Waals surface area contributed by atoms with Gasteiger partial charge in [-0.25, -0.2) is 0 Å². The Kier molecular flexibility index (Phi) is 1.35. The standard InChI is InChI=1S/C6H9NO/c7-5-1-3-6(8)4-2-5/h1,3-5,8H,2,7H2. The number of aliphatic hydroxyl groups is 1. The smallest absolute Gasteiger partial charge is 0.111 e. The number of hydrogen-bond donors (Lipinski definition) is 2. The monoisotopic (exact) mass is 111 g/mol. The summed E-state index contributed by atoms with van der Waals surface area (Å²) in [6.45, 7) is 0. The van der Waals surface area contributed by atoms with E-state index in [0.29, 0.717) is 5.76 Å². The summed E-state index contributed by atoms with van der Waals surface area (Å²) in [5.41, 5.74) is 5.45. The van der Waals surface area contributed by atoms with Crippen LogP contribution in [-0.4, -0.2) is 11.1 Å². The predicted molar refractivity (Wildman–Crippen MR) is 32.4 cm³/mol. The number of allylic oxidation sites excluding steroid dienone is 1. The molecule has 1 rings (SSSR count). The number of rotatable bonds is 0. The summed E-state index contributed by atoms with van der Waals surface area (Å²) in [6, 6.07) is 0.103. The Labute approximate surface area is 48.3 Å². The Morgan fingerprint density at radius 3 is 2.88 bits per heavy atom. The second-order valence-corrected chi connectivity index (χ2v) is 1.89. The van der Waals surface area contributed by atoms with Crippen molar-refractivity contribution in [3.8, 4) is 0 Å². The van der Waals surface area contributed by atoms with E-state index in [2.05, 4.69) is 0 Å². The molecular formula is C6H9NO. The highest BCUT2D eigenvalue weighted by Crippen LogP contribution is 2.04. The van der Waals surface area contributed by atoms with E-state index in [0.717, 1.165) is 6.42 Å². The lowest BCUT2D eigenvalue weighted by Gasteiger charge is -2.06. The quantitative estimate of drug-likeness (QED) is 0.483. The molecule has 44 valence electrons. The Balaban J connectivity index is 2.58. The van der Waals surface area contributed by atoms with E-state index >= 15 is 0 Å². The molecule has 0 amide bonds. The lowest BCUT2D eigenvalue weighted by atomic mass is 10.1. The van der Waals surface area contributed by atoms with Crippen LogP contribution >= 0.6 is 0 Å². The van der Waals surface area contributed by atoms with E-state index in [1.165, 1.54) is 0 Å². The molecule has 1 aliphatic rings. The van der Waals surface area contributed by atoms with Gasteiger partial charge < -0.3 is 10.8 Å². The molecule has 1 aliphatic carbocycles. The molecular weight excluding hydrogens is 102 g/mol. The van der Waals surface area contributed by atoms with Gasteiger partial charge in [0.25, 0.3) is 0 Å². The molecule has 8 heavy (non-hydrogen) atoms. The van der Waals surface area contributed by atoms with Crippen molar-refractivity contribution in [3.63, 3.8) is 0 Å². The molecule has 0 spiro atoms. The second-order valence-electron chi connectivity index (χ2n) is 1.89. The van der Waals surface area contributed by atoms with Crippen LogP contribution in [0.1, 0.15) is 6.42 Å². The third kappa shape index (κ3) is 1.10. The second kappa shape index (κ2) is 2.01. The SMILES string of the molecule is NC1C=CC(O)=CC1. The maximum absolute atomic E-state index is 8.75. The van der Waals surface area contributed by atoms with Crippen molar-refractivity contribution in [2.45, 2.75) is 12.5 Å². The van der Waals surface area contributed by atoms with E-state index in [1.807, 2.05) is 0 Å². The Morgan fingerprint density at radius 2 is 2.50 bits per heavy atom. The van der Waals surface area contributed by atoms with Gasteiger partial charge in [-0.2, -0.15) is 0 Å². The van der Waals surface area contributed by atoms with Gasteiger partial charge in [-0.05, 0) is 18.6 Å². The minimum Gasteiger partial charge on any atom is -0.508 e. The first-order valence-corrected chi connectivity index (χ1v) is 2.62. The Morgan fingerprint density at radius 1 is 1.75 bits per heavy atom. The zero-order valence-corrected chi connectivity index (χ0v) is 4.54. The molecule has 0 heterocycles. The molecule has 3 N–H and O–H groups in total. The van der Waals surface area contributed by atoms with Gasteiger partial charge in [-0.3, -0.25) is 0 Å². The summed E-state index contributed by atoms with van der Waals surface area (Å²) in [7, 11) is 0. The van der Waals surface area contributed by atoms with E-state index in [4.69, 9.17) is 10.8 Å². The summed E-state index contributed by atoms with van der Waals surface area (Å²) in [5.74, 6) is 0.326. The van der Waals surface area contributed by atoms with Crippen molar-refractivity contribution >= 4 is 0 Å². The highest BCUT2D eigenvalue weighted by atomic mass is 16.3. The molecule has 0 fully saturated rings. The van der Waals surface area contributed by atoms with Gasteiger partial charge in [0, 0.05) is 6.04 Å². The fraction of sp³-hybridized carbons (Fsp3) is 0.333. The number of hydrogen-bond acceptors (Lipinski definition) is 2. The van der Waals surface area contributed by atoms with Crippen molar-refractivity contribution in [1.82, 2.24) is 0 Å². The molecule has 1 atom stereocenters. The molecule has 0 aliphatic heterocycles. The number of aliphatic hydroxyl groups excluding tert-OH is 1. The zero-order valence-electron chi connectivity index (χ0n) is 4.54. The molecule has 0 saturated carbocycles. The summed E-state index contributed by atoms with van der Waals surface area (Å²) in [5, 5.41) is 8.75. The van der Waals surface area contributed by atoms with Crippen LogP contribution in [-0.2, 0) is 0 Å². The van der Waals surface area contributed by atoms with E-state index in [9.17, 15) is 0 Å². The largest absolute Gasteiger partial charge is 0.508 e. The van der Waals surface area contributed by atoms with E-state index in [-0.39, 0.29) is 6.04 Å². The lowest BCUT2D eigenvalue weighted by Crippen LogP contribution is -2.17. The van der Waals surface area contributed by atoms with E-state index in [1.54, 1.807) is 18.2 Å². The average molecular weight is 111 g/mol. The molecule has 0 radical (unpaired) electrons. The molecule has 0 bridgehead atoms. The number of nitrogens with two attached hydrogens (primary N) is 1. The van der Waals surface area contributed by atoms with Crippen LogP contribution in [0.5, 0.6) is 0 Å². The summed E-state index contributed by atoms with van der Waals surface area (Å²) in [6.07, 6.45) is 5.87. The molecule has 2 heteroatoms. The lowest BCUT2D eigenvalue weighted by molar-refractivity contribution is 0.425. The molecule has 1 unspecified atom stereocenters. The topological polar surface area (TPSA) is 46.2 Å². The van der Waals surface area contributed by atoms with Crippen LogP contribution in [0.3, 0.4) is 0 Å². The molecule has 0 saturated heterocycles. The van der Waals surface area contributed by atoms with Crippen molar-refractivity contribution in [1.29, 1.82) is 0 Å². The minimum atomic E-state index is 0.103. The first-order valence-electron chi connectivity index (χ1n) is 2.62. The molecule has 0 aromatic rings. The van der Waals surface area contributed by atoms with Gasteiger partial charge >= 0.3 is 0 Å². The maximum Gasteiger partial charge on any atom is 0.111 e. The predicted octanol–water partition coefficient (Wildman–Crippen LogP) is 0.716. The van der Waals surface area contributed by atoms with Crippen LogP contribution in [0.4, 0.5) is 0 Å². The van der Waals surface area contributed by atoms with Gasteiger partial charge in [0.05, 0.1) is 0 Å². The highest BCUT2D eigenvalue weighted by Gasteiger charge is 1.99. The first-order chi connectivity index (χ1) is 3.79. The van der Waals surface area contributed by atoms with Crippen molar-refractivity contribution in [2.75, 3.05) is 0 Å². The van der Waals surface area contributed by atoms with Crippen LogP contribution in [0.2, 0.25) is 0 Å². The highest BCUT2D eigenvalue weighted by molar-refractivity contribution is 5.18. The minimum absolute atomic E-state index is 0.103. The Hall–Kier alpha value is -0.760. The maximum atomic E-state index is 8.75. The van der Waals surface area contributed by atoms with Crippen molar-refractivity contribution < 1.29 is 5.11 Å². The van der Waals surface area contributed by atoms with Gasteiger partial charge in [0.15, 0.2) is 0 Å². The average Bonchev–Trinajstić information content (AvgIpc) is 1.77. The first kappa shape index (κ1) is 5.38. The Bertz CT molecular complexity index is 137. The fourth-order valence-corrected chi connectivity index (χ4v) is 0.626. The van der Waals surface area contributed by atoms with Crippen LogP contribution < -0.4 is 5.73 Å². The summed E-state index contributed by atoms with van der Waals surface area (Å²) in [4.78, 5) is 0. The zero-order chi connectivity index (χ0) is 5.98. The van der Waals surface area contributed by atoms with Crippen LogP contribution in [0.15, 0.2) is 24.0 Å². The van der Waals surface area contributed by atoms with Crippen molar-refractivity contribution in [2.24, 2.45) is 5.73 Å². The van der Waals surface area contributed by atoms with Gasteiger partial charge in [-0.1, -0.05) is 6.08 Å². The normalized spacial score (nSPS) is 27.6. The summed E-state index contributed by atoms with van der Waals surface area (Å²) < 4.78 is 0. The van der Waals surface area contributed by atoms with Gasteiger partial charge in [0.1, 0.15) is 5.76 Å². The van der Waals surface area contributed by atoms with Gasteiger partial charge in [-0.15, -0.1) is 0 Å². The molecule has 0 aromatic heterocycles. The summed E-state index contributed by atoms with van der Waals surface area (Å²) >= 11 is 0. The van der Waals surface area contributed by atoms with Gasteiger partial charge in [0.2, 0.25) is 0 Å². The molecule has 0 aromatic carbocycles. The van der Waals surface area contributed by atoms with Crippen LogP contribution in [0, 0.1) is 0 Å². The third-order valence-electron chi connectivity index (χ3n) is 1.11. The third-order valence-corrected chi connectivity index (χ3v) is 1.11. The van der Waals surface area contributed by atoms with Crippen molar-refractivity contribution in [3.05, 3.63) is 24.0 Å². The van der Waals surface area contributed by atoms with Crippen LogP contribution in [0.25, 0.3) is 0 Å². The fourth-order valence-electron chi connectivity index (χ4n) is 0.626.